The van der Waals surface area contributed by atoms with Gasteiger partial charge in [0.25, 0.3) is 0 Å². The number of thioether (sulfide) groups is 1. The van der Waals surface area contributed by atoms with Gasteiger partial charge in [-0.05, 0) is 6.92 Å². The van der Waals surface area contributed by atoms with E-state index in [1.54, 1.807) is 11.8 Å². The van der Waals surface area contributed by atoms with Gasteiger partial charge in [-0.2, -0.15) is 0 Å². The summed E-state index contributed by atoms with van der Waals surface area (Å²) < 4.78 is 0. The van der Waals surface area contributed by atoms with Gasteiger partial charge in [-0.15, -0.1) is 11.8 Å². The zero-order valence-corrected chi connectivity index (χ0v) is 6.83. The van der Waals surface area contributed by atoms with Crippen LogP contribution in [0.3, 0.4) is 0 Å². The standard InChI is InChI=1S/C7H11NOS/c1-5(2)6-3-10-4-7(9)8-6/h6H,1,3-4H2,2H3,(H,8,9). The first kappa shape index (κ1) is 7.66. The van der Waals surface area contributed by atoms with Crippen molar-refractivity contribution in [2.24, 2.45) is 0 Å². The Labute approximate surface area is 65.1 Å². The number of carbonyl (C=O) groups excluding carboxylic acids is 1. The van der Waals surface area contributed by atoms with Crippen LogP contribution in [-0.4, -0.2) is 23.5 Å². The van der Waals surface area contributed by atoms with Gasteiger partial charge in [0.15, 0.2) is 0 Å². The second-order valence-electron chi connectivity index (χ2n) is 2.48. The monoisotopic (exact) mass is 157 g/mol. The second-order valence-corrected chi connectivity index (χ2v) is 3.51. The summed E-state index contributed by atoms with van der Waals surface area (Å²) in [6.45, 7) is 5.73. The number of carbonyl (C=O) groups is 1. The van der Waals surface area contributed by atoms with E-state index in [4.69, 9.17) is 0 Å². The topological polar surface area (TPSA) is 29.1 Å². The van der Waals surface area contributed by atoms with Crippen molar-refractivity contribution in [1.29, 1.82) is 0 Å². The van der Waals surface area contributed by atoms with Gasteiger partial charge in [0.2, 0.25) is 5.91 Å². The van der Waals surface area contributed by atoms with E-state index in [2.05, 4.69) is 11.9 Å². The lowest BCUT2D eigenvalue weighted by Gasteiger charge is -2.22. The maximum atomic E-state index is 10.8. The Morgan fingerprint density at radius 3 is 3.00 bits per heavy atom. The Morgan fingerprint density at radius 2 is 2.60 bits per heavy atom. The van der Waals surface area contributed by atoms with Crippen LogP contribution >= 0.6 is 11.8 Å². The van der Waals surface area contributed by atoms with Gasteiger partial charge >= 0.3 is 0 Å². The third kappa shape index (κ3) is 1.77. The van der Waals surface area contributed by atoms with Crippen LogP contribution in [0.25, 0.3) is 0 Å². The quantitative estimate of drug-likeness (QED) is 0.570. The first-order chi connectivity index (χ1) is 4.70. The van der Waals surface area contributed by atoms with E-state index in [1.165, 1.54) is 0 Å². The molecule has 1 aliphatic rings. The van der Waals surface area contributed by atoms with E-state index < -0.39 is 0 Å². The zero-order valence-electron chi connectivity index (χ0n) is 6.02. The van der Waals surface area contributed by atoms with E-state index in [0.717, 1.165) is 11.3 Å². The van der Waals surface area contributed by atoms with Crippen LogP contribution in [0.1, 0.15) is 6.92 Å². The molecule has 0 aromatic heterocycles. The van der Waals surface area contributed by atoms with Crippen molar-refractivity contribution >= 4 is 17.7 Å². The first-order valence-electron chi connectivity index (χ1n) is 3.22. The molecule has 10 heavy (non-hydrogen) atoms. The lowest BCUT2D eigenvalue weighted by molar-refractivity contribution is -0.119. The van der Waals surface area contributed by atoms with E-state index in [9.17, 15) is 4.79 Å². The van der Waals surface area contributed by atoms with Gasteiger partial charge in [0.05, 0.1) is 11.8 Å². The largest absolute Gasteiger partial charge is 0.348 e. The van der Waals surface area contributed by atoms with Crippen molar-refractivity contribution in [2.45, 2.75) is 13.0 Å². The van der Waals surface area contributed by atoms with Crippen molar-refractivity contribution in [3.63, 3.8) is 0 Å². The zero-order chi connectivity index (χ0) is 7.56. The van der Waals surface area contributed by atoms with Gasteiger partial charge < -0.3 is 5.32 Å². The average Bonchev–Trinajstić information content (AvgIpc) is 1.88. The predicted octanol–water partition coefficient (Wildman–Crippen LogP) is 0.794. The molecular weight excluding hydrogens is 146 g/mol. The molecule has 1 fully saturated rings. The van der Waals surface area contributed by atoms with Crippen LogP contribution in [-0.2, 0) is 4.79 Å². The summed E-state index contributed by atoms with van der Waals surface area (Å²) in [7, 11) is 0. The first-order valence-corrected chi connectivity index (χ1v) is 4.38. The van der Waals surface area contributed by atoms with Gasteiger partial charge in [0, 0.05) is 5.75 Å². The van der Waals surface area contributed by atoms with E-state index in [0.29, 0.717) is 5.75 Å². The molecule has 0 saturated carbocycles. The lowest BCUT2D eigenvalue weighted by atomic mass is 10.2. The minimum Gasteiger partial charge on any atom is -0.348 e. The summed E-state index contributed by atoms with van der Waals surface area (Å²) in [5.41, 5.74) is 1.04. The molecule has 1 aliphatic heterocycles. The van der Waals surface area contributed by atoms with Crippen LogP contribution < -0.4 is 5.32 Å². The Bertz CT molecular complexity index is 165. The van der Waals surface area contributed by atoms with Gasteiger partial charge in [-0.3, -0.25) is 4.79 Å². The molecule has 0 aromatic carbocycles. The number of rotatable bonds is 1. The molecule has 56 valence electrons. The summed E-state index contributed by atoms with van der Waals surface area (Å²) in [5.74, 6) is 1.70. The fourth-order valence-corrected chi connectivity index (χ4v) is 1.80. The minimum atomic E-state index is 0.129. The van der Waals surface area contributed by atoms with Crippen LogP contribution in [0.5, 0.6) is 0 Å². The molecule has 1 saturated heterocycles. The smallest absolute Gasteiger partial charge is 0.230 e. The summed E-state index contributed by atoms with van der Waals surface area (Å²) in [6.07, 6.45) is 0. The summed E-state index contributed by atoms with van der Waals surface area (Å²) >= 11 is 1.67. The van der Waals surface area contributed by atoms with Crippen LogP contribution in [0.4, 0.5) is 0 Å². The molecule has 1 rings (SSSR count). The highest BCUT2D eigenvalue weighted by atomic mass is 32.2. The normalized spacial score (nSPS) is 25.7. The molecule has 2 nitrogen and oxygen atoms in total. The molecule has 0 aromatic rings. The highest BCUT2D eigenvalue weighted by Crippen LogP contribution is 2.12. The summed E-state index contributed by atoms with van der Waals surface area (Å²) in [6, 6.07) is 0.200. The van der Waals surface area contributed by atoms with E-state index >= 15 is 0 Å². The molecule has 0 aliphatic carbocycles. The second kappa shape index (κ2) is 3.10. The molecule has 0 bridgehead atoms. The van der Waals surface area contributed by atoms with Gasteiger partial charge in [-0.25, -0.2) is 0 Å². The number of hydrogen-bond donors (Lipinski definition) is 1. The highest BCUT2D eigenvalue weighted by molar-refractivity contribution is 8.00. The number of amides is 1. The molecular formula is C7H11NOS. The van der Waals surface area contributed by atoms with E-state index in [-0.39, 0.29) is 11.9 Å². The SMILES string of the molecule is C=C(C)C1CSCC(=O)N1. The third-order valence-corrected chi connectivity index (χ3v) is 2.48. The van der Waals surface area contributed by atoms with Crippen LogP contribution in [0.2, 0.25) is 0 Å². The third-order valence-electron chi connectivity index (χ3n) is 1.45. The fourth-order valence-electron chi connectivity index (χ4n) is 0.813. The highest BCUT2D eigenvalue weighted by Gasteiger charge is 2.17. The minimum absolute atomic E-state index is 0.129. The Kier molecular flexibility index (Phi) is 2.38. The average molecular weight is 157 g/mol. The van der Waals surface area contributed by atoms with Crippen molar-refractivity contribution in [2.75, 3.05) is 11.5 Å². The van der Waals surface area contributed by atoms with Crippen molar-refractivity contribution < 1.29 is 4.79 Å². The predicted molar refractivity (Wildman–Crippen MR) is 44.1 cm³/mol. The van der Waals surface area contributed by atoms with Crippen LogP contribution in [0.15, 0.2) is 12.2 Å². The molecule has 1 N–H and O–H groups in total. The Balaban J connectivity index is 2.47. The maximum Gasteiger partial charge on any atom is 0.230 e. The number of hydrogen-bond acceptors (Lipinski definition) is 2. The van der Waals surface area contributed by atoms with Gasteiger partial charge in [0.1, 0.15) is 0 Å². The molecule has 0 spiro atoms. The van der Waals surface area contributed by atoms with Crippen molar-refractivity contribution in [1.82, 2.24) is 5.32 Å². The van der Waals surface area contributed by atoms with Gasteiger partial charge in [-0.1, -0.05) is 12.2 Å². The molecule has 3 heteroatoms. The summed E-state index contributed by atoms with van der Waals surface area (Å²) in [5, 5.41) is 2.86. The Morgan fingerprint density at radius 1 is 1.90 bits per heavy atom. The van der Waals surface area contributed by atoms with E-state index in [1.807, 2.05) is 6.92 Å². The van der Waals surface area contributed by atoms with Crippen molar-refractivity contribution in [3.8, 4) is 0 Å². The number of nitrogens with one attached hydrogen (secondary N) is 1. The molecule has 1 amide bonds. The van der Waals surface area contributed by atoms with Crippen molar-refractivity contribution in [3.05, 3.63) is 12.2 Å². The molecule has 0 radical (unpaired) electrons. The molecule has 1 heterocycles. The van der Waals surface area contributed by atoms with Crippen LogP contribution in [0, 0.1) is 0 Å². The maximum absolute atomic E-state index is 10.8. The summed E-state index contributed by atoms with van der Waals surface area (Å²) in [4.78, 5) is 10.8. The Hall–Kier alpha value is -0.440. The molecule has 1 unspecified atom stereocenters. The lowest BCUT2D eigenvalue weighted by Crippen LogP contribution is -2.42. The molecule has 1 atom stereocenters. The fraction of sp³-hybridized carbons (Fsp3) is 0.571.